The summed E-state index contributed by atoms with van der Waals surface area (Å²) in [6.07, 6.45) is 4.80. The van der Waals surface area contributed by atoms with E-state index in [1.165, 1.54) is 5.56 Å². The lowest BCUT2D eigenvalue weighted by molar-refractivity contribution is 0.685. The van der Waals surface area contributed by atoms with E-state index >= 15 is 0 Å². The third-order valence-corrected chi connectivity index (χ3v) is 2.45. The van der Waals surface area contributed by atoms with E-state index in [2.05, 4.69) is 41.7 Å². The molecule has 71 valence electrons. The van der Waals surface area contributed by atoms with Crippen LogP contribution < -0.4 is 5.43 Å². The Balaban J connectivity index is 2.22. The Bertz CT molecular complexity index is 352. The van der Waals surface area contributed by atoms with Gasteiger partial charge in [-0.1, -0.05) is 37.3 Å². The Morgan fingerprint density at radius 3 is 2.57 bits per heavy atom. The van der Waals surface area contributed by atoms with Crippen molar-refractivity contribution in [2.75, 3.05) is 0 Å². The van der Waals surface area contributed by atoms with Crippen LogP contribution in [-0.4, -0.2) is 6.21 Å². The van der Waals surface area contributed by atoms with Crippen LogP contribution in [0.1, 0.15) is 24.8 Å². The number of rotatable bonds is 3. The normalized spacial score (nSPS) is 16.2. The van der Waals surface area contributed by atoms with Crippen LogP contribution in [0.25, 0.3) is 0 Å². The van der Waals surface area contributed by atoms with E-state index in [9.17, 15) is 0 Å². The lowest BCUT2D eigenvalue weighted by Gasteiger charge is -2.14. The third kappa shape index (κ3) is 1.69. The largest absolute Gasteiger partial charge is 0.159 e. The van der Waals surface area contributed by atoms with E-state index in [4.69, 9.17) is 0 Å². The molecule has 1 radical (unpaired) electrons. The maximum Gasteiger partial charge on any atom is 0.0721 e. The molecule has 2 rings (SSSR count). The SMILES string of the molecule is CCC(C1=CC=N[N]1)c1ccccc1. The first kappa shape index (κ1) is 9.00. The van der Waals surface area contributed by atoms with E-state index in [0.717, 1.165) is 12.1 Å². The van der Waals surface area contributed by atoms with Gasteiger partial charge < -0.3 is 0 Å². The molecule has 1 atom stereocenters. The number of hydrogen-bond donors (Lipinski definition) is 0. The minimum atomic E-state index is 0.388. The summed E-state index contributed by atoms with van der Waals surface area (Å²) in [6.45, 7) is 2.17. The van der Waals surface area contributed by atoms with Crippen LogP contribution in [0.15, 0.2) is 47.2 Å². The lowest BCUT2D eigenvalue weighted by Crippen LogP contribution is -2.05. The van der Waals surface area contributed by atoms with Gasteiger partial charge in [-0.05, 0) is 18.1 Å². The van der Waals surface area contributed by atoms with Gasteiger partial charge in [-0.3, -0.25) is 0 Å². The molecule has 0 saturated carbocycles. The van der Waals surface area contributed by atoms with Gasteiger partial charge in [0.05, 0.1) is 11.9 Å². The number of hydrogen-bond acceptors (Lipinski definition) is 1. The zero-order valence-corrected chi connectivity index (χ0v) is 8.22. The van der Waals surface area contributed by atoms with Gasteiger partial charge in [0.25, 0.3) is 0 Å². The van der Waals surface area contributed by atoms with E-state index in [-0.39, 0.29) is 0 Å². The molecule has 2 nitrogen and oxygen atoms in total. The summed E-state index contributed by atoms with van der Waals surface area (Å²) in [7, 11) is 0. The Hall–Kier alpha value is -1.57. The summed E-state index contributed by atoms with van der Waals surface area (Å²) in [5.41, 5.74) is 6.50. The Morgan fingerprint density at radius 1 is 1.21 bits per heavy atom. The second-order valence-corrected chi connectivity index (χ2v) is 3.33. The fraction of sp³-hybridized carbons (Fsp3) is 0.250. The predicted octanol–water partition coefficient (Wildman–Crippen LogP) is 2.67. The minimum Gasteiger partial charge on any atom is -0.159 e. The maximum atomic E-state index is 4.11. The van der Waals surface area contributed by atoms with Gasteiger partial charge in [0.1, 0.15) is 0 Å². The fourth-order valence-corrected chi connectivity index (χ4v) is 1.73. The van der Waals surface area contributed by atoms with Crippen molar-refractivity contribution >= 4 is 6.21 Å². The monoisotopic (exact) mass is 185 g/mol. The van der Waals surface area contributed by atoms with Gasteiger partial charge in [0, 0.05) is 5.92 Å². The molecule has 0 aromatic heterocycles. The molecule has 14 heavy (non-hydrogen) atoms. The van der Waals surface area contributed by atoms with Crippen molar-refractivity contribution in [3.8, 4) is 0 Å². The summed E-state index contributed by atoms with van der Waals surface area (Å²) < 4.78 is 0. The summed E-state index contributed by atoms with van der Waals surface area (Å²) in [6, 6.07) is 10.4. The Kier molecular flexibility index (Phi) is 2.63. The Labute approximate surface area is 84.3 Å². The average Bonchev–Trinajstić information content (AvgIpc) is 2.74. The highest BCUT2D eigenvalue weighted by Crippen LogP contribution is 2.27. The standard InChI is InChI=1S/C12H13N2/c1-2-11(12-8-9-13-14-12)10-6-4-3-5-7-10/h3-9,11H,2H2,1H3. The minimum absolute atomic E-state index is 0.388. The van der Waals surface area contributed by atoms with Crippen molar-refractivity contribution in [1.29, 1.82) is 0 Å². The molecular weight excluding hydrogens is 172 g/mol. The molecule has 1 aliphatic rings. The van der Waals surface area contributed by atoms with Crippen molar-refractivity contribution in [2.45, 2.75) is 19.3 Å². The van der Waals surface area contributed by atoms with E-state index in [1.807, 2.05) is 12.1 Å². The highest BCUT2D eigenvalue weighted by molar-refractivity contribution is 5.74. The smallest absolute Gasteiger partial charge is 0.0721 e. The molecule has 0 spiro atoms. The molecule has 0 fully saturated rings. The second-order valence-electron chi connectivity index (χ2n) is 3.33. The fourth-order valence-electron chi connectivity index (χ4n) is 1.73. The summed E-state index contributed by atoms with van der Waals surface area (Å²) in [5, 5.41) is 3.87. The molecule has 0 N–H and O–H groups in total. The second kappa shape index (κ2) is 4.09. The number of allylic oxidation sites excluding steroid dienone is 2. The third-order valence-electron chi connectivity index (χ3n) is 2.45. The van der Waals surface area contributed by atoms with Gasteiger partial charge in [0.2, 0.25) is 0 Å². The quantitative estimate of drug-likeness (QED) is 0.692. The van der Waals surface area contributed by atoms with Crippen LogP contribution in [-0.2, 0) is 0 Å². The van der Waals surface area contributed by atoms with Gasteiger partial charge in [-0.2, -0.15) is 10.5 Å². The number of benzene rings is 1. The predicted molar refractivity (Wildman–Crippen MR) is 58.2 cm³/mol. The molecular formula is C12H13N2. The van der Waals surface area contributed by atoms with Crippen LogP contribution >= 0.6 is 0 Å². The lowest BCUT2D eigenvalue weighted by atomic mass is 9.93. The van der Waals surface area contributed by atoms with Crippen molar-refractivity contribution in [3.05, 3.63) is 47.7 Å². The first-order chi connectivity index (χ1) is 6.92. The summed E-state index contributed by atoms with van der Waals surface area (Å²) >= 11 is 0. The maximum absolute atomic E-state index is 4.11. The first-order valence-corrected chi connectivity index (χ1v) is 4.91. The van der Waals surface area contributed by atoms with Gasteiger partial charge >= 0.3 is 0 Å². The highest BCUT2D eigenvalue weighted by atomic mass is 15.3. The molecule has 0 saturated heterocycles. The van der Waals surface area contributed by atoms with Crippen LogP contribution in [0.2, 0.25) is 0 Å². The first-order valence-electron chi connectivity index (χ1n) is 4.91. The van der Waals surface area contributed by atoms with Crippen LogP contribution in [0.5, 0.6) is 0 Å². The molecule has 0 aliphatic carbocycles. The molecule has 1 aromatic carbocycles. The Morgan fingerprint density at radius 2 is 2.00 bits per heavy atom. The van der Waals surface area contributed by atoms with E-state index in [1.54, 1.807) is 6.21 Å². The zero-order chi connectivity index (χ0) is 9.80. The molecule has 0 bridgehead atoms. The van der Waals surface area contributed by atoms with E-state index in [0.29, 0.717) is 5.92 Å². The highest BCUT2D eigenvalue weighted by Gasteiger charge is 2.16. The average molecular weight is 185 g/mol. The van der Waals surface area contributed by atoms with Crippen molar-refractivity contribution in [3.63, 3.8) is 0 Å². The number of nitrogens with zero attached hydrogens (tertiary/aromatic N) is 2. The molecule has 1 aromatic rings. The van der Waals surface area contributed by atoms with Gasteiger partial charge in [0.15, 0.2) is 0 Å². The molecule has 1 aliphatic heterocycles. The molecule has 1 heterocycles. The van der Waals surface area contributed by atoms with Crippen molar-refractivity contribution in [1.82, 2.24) is 5.43 Å². The molecule has 1 unspecified atom stereocenters. The molecule has 0 amide bonds. The van der Waals surface area contributed by atoms with Crippen molar-refractivity contribution < 1.29 is 0 Å². The van der Waals surface area contributed by atoms with Gasteiger partial charge in [-0.15, -0.1) is 0 Å². The molecule has 2 heteroatoms. The van der Waals surface area contributed by atoms with Crippen LogP contribution in [0.4, 0.5) is 0 Å². The summed E-state index contributed by atoms with van der Waals surface area (Å²) in [5.74, 6) is 0.388. The topological polar surface area (TPSA) is 26.5 Å². The van der Waals surface area contributed by atoms with Gasteiger partial charge in [-0.25, -0.2) is 0 Å². The summed E-state index contributed by atoms with van der Waals surface area (Å²) in [4.78, 5) is 0. The zero-order valence-electron chi connectivity index (χ0n) is 8.22. The van der Waals surface area contributed by atoms with Crippen LogP contribution in [0, 0.1) is 0 Å². The van der Waals surface area contributed by atoms with Crippen molar-refractivity contribution in [2.24, 2.45) is 5.10 Å². The van der Waals surface area contributed by atoms with E-state index < -0.39 is 0 Å². The van der Waals surface area contributed by atoms with Crippen LogP contribution in [0.3, 0.4) is 0 Å².